The van der Waals surface area contributed by atoms with E-state index in [1.165, 1.54) is 38.5 Å². The maximum atomic E-state index is 2.33. The number of hydrogen-bond donors (Lipinski definition) is 0. The molecule has 0 spiro atoms. The van der Waals surface area contributed by atoms with E-state index < -0.39 is 0 Å². The lowest BCUT2D eigenvalue weighted by atomic mass is 10.0. The van der Waals surface area contributed by atoms with Gasteiger partial charge < -0.3 is 0 Å². The van der Waals surface area contributed by atoms with Crippen molar-refractivity contribution in [2.24, 2.45) is 5.92 Å². The summed E-state index contributed by atoms with van der Waals surface area (Å²) in [6.07, 6.45) is 8.17. The van der Waals surface area contributed by atoms with E-state index in [0.29, 0.717) is 0 Å². The summed E-state index contributed by atoms with van der Waals surface area (Å²) in [5, 5.41) is 0. The molecule has 118 valence electrons. The lowest BCUT2D eigenvalue weighted by Gasteiger charge is -2.04. The van der Waals surface area contributed by atoms with Crippen molar-refractivity contribution in [3.05, 3.63) is 0 Å². The monoisotopic (exact) mass is 262 g/mol. The molecular formula is C18H46. The van der Waals surface area contributed by atoms with E-state index in [1.54, 1.807) is 0 Å². The molecule has 1 unspecified atom stereocenters. The van der Waals surface area contributed by atoms with Crippen molar-refractivity contribution in [2.45, 2.75) is 115 Å². The van der Waals surface area contributed by atoms with Crippen molar-refractivity contribution in [1.82, 2.24) is 0 Å². The Kier molecular flexibility index (Phi) is 91.9. The fraction of sp³-hybridized carbons (Fsp3) is 1.00. The quantitative estimate of drug-likeness (QED) is 0.469. The van der Waals surface area contributed by atoms with E-state index in [4.69, 9.17) is 0 Å². The van der Waals surface area contributed by atoms with Gasteiger partial charge in [0.05, 0.1) is 0 Å². The highest BCUT2D eigenvalue weighted by Crippen LogP contribution is 2.09. The molecule has 0 fully saturated rings. The van der Waals surface area contributed by atoms with Crippen molar-refractivity contribution in [3.63, 3.8) is 0 Å². The van der Waals surface area contributed by atoms with Gasteiger partial charge in [-0.05, 0) is 5.92 Å². The summed E-state index contributed by atoms with van der Waals surface area (Å²) in [5.41, 5.74) is 0. The van der Waals surface area contributed by atoms with Crippen molar-refractivity contribution in [2.75, 3.05) is 0 Å². The van der Waals surface area contributed by atoms with E-state index in [2.05, 4.69) is 34.6 Å². The zero-order valence-electron chi connectivity index (χ0n) is 15.8. The molecule has 0 heterocycles. The van der Waals surface area contributed by atoms with E-state index in [9.17, 15) is 0 Å². The van der Waals surface area contributed by atoms with Gasteiger partial charge in [-0.3, -0.25) is 0 Å². The fourth-order valence-electron chi connectivity index (χ4n) is 0.757. The van der Waals surface area contributed by atoms with Crippen LogP contribution < -0.4 is 0 Å². The Hall–Kier alpha value is 0. The van der Waals surface area contributed by atoms with Crippen molar-refractivity contribution in [1.29, 1.82) is 0 Å². The third kappa shape index (κ3) is 73.5. The Morgan fingerprint density at radius 3 is 1.11 bits per heavy atom. The van der Waals surface area contributed by atoms with Crippen molar-refractivity contribution >= 4 is 0 Å². The van der Waals surface area contributed by atoms with Gasteiger partial charge in [0, 0.05) is 0 Å². The summed E-state index contributed by atoms with van der Waals surface area (Å²) in [7, 11) is 0. The van der Waals surface area contributed by atoms with Gasteiger partial charge in [-0.2, -0.15) is 0 Å². The molecule has 18 heavy (non-hydrogen) atoms. The van der Waals surface area contributed by atoms with Gasteiger partial charge in [0.15, 0.2) is 0 Å². The molecule has 0 saturated carbocycles. The normalized spacial score (nSPS) is 8.83. The predicted octanol–water partition coefficient (Wildman–Crippen LogP) is 8.11. The van der Waals surface area contributed by atoms with Gasteiger partial charge in [0.1, 0.15) is 0 Å². The predicted molar refractivity (Wildman–Crippen MR) is 93.6 cm³/mol. The smallest absolute Gasteiger partial charge is 0.0445 e. The van der Waals surface area contributed by atoms with Crippen LogP contribution in [0.5, 0.6) is 0 Å². The second-order valence-corrected chi connectivity index (χ2v) is 3.66. The van der Waals surface area contributed by atoms with Crippen LogP contribution in [0.25, 0.3) is 0 Å². The largest absolute Gasteiger partial charge is 0.0683 e. The summed E-state index contributed by atoms with van der Waals surface area (Å²) < 4.78 is 0. The summed E-state index contributed by atoms with van der Waals surface area (Å²) in [6, 6.07) is 0. The first-order chi connectivity index (χ1) is 8.72. The molecule has 0 aliphatic heterocycles. The van der Waals surface area contributed by atoms with Crippen LogP contribution in [0.2, 0.25) is 0 Å². The molecule has 0 bridgehead atoms. The summed E-state index contributed by atoms with van der Waals surface area (Å²) in [5.74, 6) is 0.954. The SMILES string of the molecule is CC.CC.CC.CCCC.CCCCC(C)CC. The second-order valence-electron chi connectivity index (χ2n) is 3.66. The van der Waals surface area contributed by atoms with Crippen LogP contribution >= 0.6 is 0 Å². The maximum absolute atomic E-state index is 2.33. The van der Waals surface area contributed by atoms with Crippen molar-refractivity contribution in [3.8, 4) is 0 Å². The third-order valence-corrected chi connectivity index (χ3v) is 2.25. The summed E-state index contributed by atoms with van der Waals surface area (Å²) >= 11 is 0. The molecule has 0 radical (unpaired) electrons. The lowest BCUT2D eigenvalue weighted by Crippen LogP contribution is -1.89. The highest BCUT2D eigenvalue weighted by Gasteiger charge is 1.94. The van der Waals surface area contributed by atoms with Crippen LogP contribution in [-0.2, 0) is 0 Å². The number of hydrogen-bond acceptors (Lipinski definition) is 0. The minimum Gasteiger partial charge on any atom is -0.0683 e. The number of unbranched alkanes of at least 4 members (excludes halogenated alkanes) is 2. The zero-order chi connectivity index (χ0) is 15.8. The standard InChI is InChI=1S/C8H18.C4H10.3C2H6/c1-4-6-7-8(3)5-2;1-3-4-2;3*1-2/h8H,4-7H2,1-3H3;3-4H2,1-2H3;3*1-2H3. The molecule has 0 aromatic rings. The van der Waals surface area contributed by atoms with Gasteiger partial charge in [-0.25, -0.2) is 0 Å². The van der Waals surface area contributed by atoms with Gasteiger partial charge in [-0.1, -0.05) is 115 Å². The highest BCUT2D eigenvalue weighted by molar-refractivity contribution is 4.47. The third-order valence-electron chi connectivity index (χ3n) is 2.25. The molecule has 0 N–H and O–H groups in total. The molecule has 0 saturated heterocycles. The highest BCUT2D eigenvalue weighted by atomic mass is 14.0. The Bertz CT molecular complexity index is 55.1. The molecule has 0 amide bonds. The Morgan fingerprint density at radius 1 is 0.611 bits per heavy atom. The van der Waals surface area contributed by atoms with Crippen LogP contribution in [0, 0.1) is 5.92 Å². The van der Waals surface area contributed by atoms with Gasteiger partial charge in [0.2, 0.25) is 0 Å². The van der Waals surface area contributed by atoms with E-state index >= 15 is 0 Å². The molecule has 0 heteroatoms. The molecule has 0 rings (SSSR count). The Balaban J connectivity index is -0.0000000477. The topological polar surface area (TPSA) is 0 Å². The molecule has 1 atom stereocenters. The Labute approximate surface area is 121 Å². The molecule has 0 aromatic heterocycles. The first-order valence-corrected chi connectivity index (χ1v) is 8.72. The van der Waals surface area contributed by atoms with E-state index in [-0.39, 0.29) is 0 Å². The molecule has 0 nitrogen and oxygen atoms in total. The molecule has 0 aliphatic carbocycles. The first-order valence-electron chi connectivity index (χ1n) is 8.72. The molecule has 0 aromatic carbocycles. The Morgan fingerprint density at radius 2 is 0.944 bits per heavy atom. The van der Waals surface area contributed by atoms with Gasteiger partial charge >= 0.3 is 0 Å². The summed E-state index contributed by atoms with van der Waals surface area (Å²) in [4.78, 5) is 0. The van der Waals surface area contributed by atoms with Crippen LogP contribution in [0.15, 0.2) is 0 Å². The van der Waals surface area contributed by atoms with Gasteiger partial charge in [-0.15, -0.1) is 0 Å². The fourth-order valence-corrected chi connectivity index (χ4v) is 0.757. The second kappa shape index (κ2) is 53.7. The minimum atomic E-state index is 0.954. The average Bonchev–Trinajstić information content (AvgIpc) is 2.51. The van der Waals surface area contributed by atoms with Crippen LogP contribution in [-0.4, -0.2) is 0 Å². The maximum Gasteiger partial charge on any atom is -0.0445 e. The van der Waals surface area contributed by atoms with E-state index in [1.807, 2.05) is 41.5 Å². The molecular weight excluding hydrogens is 216 g/mol. The number of rotatable bonds is 5. The lowest BCUT2D eigenvalue weighted by molar-refractivity contribution is 0.492. The minimum absolute atomic E-state index is 0.954. The first kappa shape index (κ1) is 30.8. The van der Waals surface area contributed by atoms with Crippen molar-refractivity contribution < 1.29 is 0 Å². The van der Waals surface area contributed by atoms with Crippen LogP contribution in [0.4, 0.5) is 0 Å². The average molecular weight is 263 g/mol. The van der Waals surface area contributed by atoms with Crippen LogP contribution in [0.1, 0.15) is 115 Å². The summed E-state index contributed by atoms with van der Waals surface area (Å²) in [6.45, 7) is 23.2. The van der Waals surface area contributed by atoms with Crippen LogP contribution in [0.3, 0.4) is 0 Å². The molecule has 0 aliphatic rings. The van der Waals surface area contributed by atoms with E-state index in [0.717, 1.165) is 5.92 Å². The van der Waals surface area contributed by atoms with Gasteiger partial charge in [0.25, 0.3) is 0 Å². The zero-order valence-corrected chi connectivity index (χ0v) is 15.8.